The zero-order valence-corrected chi connectivity index (χ0v) is 18.0. The first-order valence-corrected chi connectivity index (χ1v) is 11.2. The molecule has 2 aromatic heterocycles. The van der Waals surface area contributed by atoms with Crippen molar-refractivity contribution in [3.05, 3.63) is 45.1 Å². The quantitative estimate of drug-likeness (QED) is 0.745. The number of aromatic nitrogens is 2. The fourth-order valence-corrected chi connectivity index (χ4v) is 6.09. The number of rotatable bonds is 4. The molecule has 1 aliphatic rings. The first-order valence-electron chi connectivity index (χ1n) is 8.38. The lowest BCUT2D eigenvalue weighted by atomic mass is 10.0. The van der Waals surface area contributed by atoms with E-state index in [0.29, 0.717) is 15.6 Å². The highest BCUT2D eigenvalue weighted by Gasteiger charge is 2.49. The summed E-state index contributed by atoms with van der Waals surface area (Å²) >= 11 is 7.44. The van der Waals surface area contributed by atoms with Crippen LogP contribution in [-0.2, 0) is 21.9 Å². The second-order valence-electron chi connectivity index (χ2n) is 7.18. The number of amides is 1. The zero-order chi connectivity index (χ0) is 20.7. The van der Waals surface area contributed by atoms with Crippen LogP contribution in [0, 0.1) is 0 Å². The van der Waals surface area contributed by atoms with Crippen molar-refractivity contribution in [1.29, 1.82) is 0 Å². The van der Waals surface area contributed by atoms with Crippen LogP contribution in [0.3, 0.4) is 0 Å². The first-order chi connectivity index (χ1) is 13.0. The Kier molecular flexibility index (Phi) is 5.24. The Morgan fingerprint density at radius 1 is 1.32 bits per heavy atom. The molecule has 0 fully saturated rings. The molecule has 0 saturated heterocycles. The molecule has 3 heterocycles. The maximum atomic E-state index is 12.7. The van der Waals surface area contributed by atoms with E-state index in [1.54, 1.807) is 25.4 Å². The normalized spacial score (nSPS) is 23.1. The SMILES string of the molecule is CC1(c2sc(C(=O)NCc3ncccn3)cc2Cl)CS(=O)(=O)C(C)(C)C(N)=N1. The standard InChI is InChI=1S/C17H20ClN5O3S2/c1-16(2)15(19)23-17(3,9-28(16,25)26)13-10(18)7-11(27-13)14(24)22-8-12-20-5-4-6-21-12/h4-7H,8-9H2,1-3H3,(H2,19,23)(H,22,24). The summed E-state index contributed by atoms with van der Waals surface area (Å²) in [4.78, 5) is 25.8. The Morgan fingerprint density at radius 2 is 1.96 bits per heavy atom. The number of amidine groups is 1. The van der Waals surface area contributed by atoms with Gasteiger partial charge in [-0.25, -0.2) is 18.4 Å². The molecule has 0 saturated carbocycles. The highest BCUT2D eigenvalue weighted by molar-refractivity contribution is 7.93. The predicted octanol–water partition coefficient (Wildman–Crippen LogP) is 1.90. The van der Waals surface area contributed by atoms with Crippen LogP contribution in [0.4, 0.5) is 0 Å². The van der Waals surface area contributed by atoms with Gasteiger partial charge in [0.15, 0.2) is 9.84 Å². The number of carbonyl (C=O) groups is 1. The van der Waals surface area contributed by atoms with Crippen LogP contribution in [-0.4, -0.2) is 40.6 Å². The molecular formula is C17H20ClN5O3S2. The minimum atomic E-state index is -3.56. The van der Waals surface area contributed by atoms with Crippen molar-refractivity contribution in [2.24, 2.45) is 10.7 Å². The van der Waals surface area contributed by atoms with Gasteiger partial charge in [-0.1, -0.05) is 11.6 Å². The molecular weight excluding hydrogens is 422 g/mol. The summed E-state index contributed by atoms with van der Waals surface area (Å²) in [6.07, 6.45) is 3.17. The largest absolute Gasteiger partial charge is 0.386 e. The van der Waals surface area contributed by atoms with E-state index in [1.165, 1.54) is 19.9 Å². The zero-order valence-electron chi connectivity index (χ0n) is 15.6. The molecule has 8 nitrogen and oxygen atoms in total. The molecule has 0 radical (unpaired) electrons. The molecule has 11 heteroatoms. The Balaban J connectivity index is 1.88. The Labute approximate surface area is 172 Å². The van der Waals surface area contributed by atoms with Gasteiger partial charge in [0.2, 0.25) is 0 Å². The number of nitrogens with two attached hydrogens (primary N) is 1. The van der Waals surface area contributed by atoms with E-state index in [0.717, 1.165) is 11.3 Å². The number of thiophene rings is 1. The van der Waals surface area contributed by atoms with Gasteiger partial charge in [-0.15, -0.1) is 11.3 Å². The van der Waals surface area contributed by atoms with Gasteiger partial charge < -0.3 is 11.1 Å². The van der Waals surface area contributed by atoms with Crippen LogP contribution in [0.1, 0.15) is 41.1 Å². The van der Waals surface area contributed by atoms with E-state index in [-0.39, 0.29) is 29.1 Å². The molecule has 3 rings (SSSR count). The topological polar surface area (TPSA) is 127 Å². The third kappa shape index (κ3) is 3.63. The minimum absolute atomic E-state index is 0.0259. The van der Waals surface area contributed by atoms with E-state index in [1.807, 2.05) is 0 Å². The van der Waals surface area contributed by atoms with Crippen molar-refractivity contribution in [3.63, 3.8) is 0 Å². The van der Waals surface area contributed by atoms with Crippen LogP contribution in [0.25, 0.3) is 0 Å². The number of nitrogens with one attached hydrogen (secondary N) is 1. The fourth-order valence-electron chi connectivity index (χ4n) is 2.77. The molecule has 1 unspecified atom stereocenters. The number of hydrogen-bond donors (Lipinski definition) is 2. The molecule has 3 N–H and O–H groups in total. The lowest BCUT2D eigenvalue weighted by molar-refractivity contribution is 0.0954. The van der Waals surface area contributed by atoms with Gasteiger partial charge in [-0.2, -0.15) is 0 Å². The molecule has 1 amide bonds. The van der Waals surface area contributed by atoms with Crippen molar-refractivity contribution >= 4 is 44.5 Å². The summed E-state index contributed by atoms with van der Waals surface area (Å²) in [6, 6.07) is 3.19. The third-order valence-corrected chi connectivity index (χ3v) is 9.16. The molecule has 0 spiro atoms. The van der Waals surface area contributed by atoms with Gasteiger partial charge in [0, 0.05) is 12.4 Å². The van der Waals surface area contributed by atoms with Crippen LogP contribution in [0.15, 0.2) is 29.5 Å². The monoisotopic (exact) mass is 441 g/mol. The fraction of sp³-hybridized carbons (Fsp3) is 0.412. The maximum absolute atomic E-state index is 12.7. The highest BCUT2D eigenvalue weighted by Crippen LogP contribution is 2.43. The highest BCUT2D eigenvalue weighted by atomic mass is 35.5. The molecule has 0 aromatic carbocycles. The average Bonchev–Trinajstić information content (AvgIpc) is 3.01. The summed E-state index contributed by atoms with van der Waals surface area (Å²) in [5, 5.41) is 3.00. The van der Waals surface area contributed by atoms with Gasteiger partial charge in [-0.05, 0) is 32.9 Å². The minimum Gasteiger partial charge on any atom is -0.386 e. The Bertz CT molecular complexity index is 1050. The number of carbonyl (C=O) groups excluding carboxylic acids is 1. The summed E-state index contributed by atoms with van der Waals surface area (Å²) in [7, 11) is -3.56. The smallest absolute Gasteiger partial charge is 0.261 e. The number of nitrogens with zero attached hydrogens (tertiary/aromatic N) is 3. The van der Waals surface area contributed by atoms with E-state index < -0.39 is 20.1 Å². The Morgan fingerprint density at radius 3 is 2.57 bits per heavy atom. The van der Waals surface area contributed by atoms with Crippen LogP contribution in [0.2, 0.25) is 5.02 Å². The van der Waals surface area contributed by atoms with E-state index in [9.17, 15) is 13.2 Å². The van der Waals surface area contributed by atoms with E-state index in [4.69, 9.17) is 17.3 Å². The van der Waals surface area contributed by atoms with Crippen LogP contribution < -0.4 is 11.1 Å². The van der Waals surface area contributed by atoms with Crippen molar-refractivity contribution in [2.45, 2.75) is 37.6 Å². The van der Waals surface area contributed by atoms with Gasteiger partial charge in [0.25, 0.3) is 5.91 Å². The molecule has 28 heavy (non-hydrogen) atoms. The number of hydrogen-bond acceptors (Lipinski definition) is 8. The van der Waals surface area contributed by atoms with Gasteiger partial charge in [-0.3, -0.25) is 9.79 Å². The average molecular weight is 442 g/mol. The van der Waals surface area contributed by atoms with Crippen molar-refractivity contribution in [3.8, 4) is 0 Å². The Hall–Kier alpha value is -2.04. The number of aliphatic imine (C=N–C) groups is 1. The maximum Gasteiger partial charge on any atom is 0.261 e. The lowest BCUT2D eigenvalue weighted by Crippen LogP contribution is -2.54. The molecule has 1 atom stereocenters. The second-order valence-corrected chi connectivity index (χ2v) is 11.2. The van der Waals surface area contributed by atoms with Crippen molar-refractivity contribution < 1.29 is 13.2 Å². The molecule has 150 valence electrons. The van der Waals surface area contributed by atoms with Crippen LogP contribution >= 0.6 is 22.9 Å². The van der Waals surface area contributed by atoms with E-state index in [2.05, 4.69) is 20.3 Å². The number of halogens is 1. The van der Waals surface area contributed by atoms with Crippen molar-refractivity contribution in [2.75, 3.05) is 5.75 Å². The lowest BCUT2D eigenvalue weighted by Gasteiger charge is -2.37. The first kappa shape index (κ1) is 20.7. The number of sulfone groups is 1. The summed E-state index contributed by atoms with van der Waals surface area (Å²) in [5.41, 5.74) is 4.82. The van der Waals surface area contributed by atoms with Gasteiger partial charge in [0.05, 0.1) is 27.1 Å². The molecule has 1 aliphatic heterocycles. The van der Waals surface area contributed by atoms with Gasteiger partial charge >= 0.3 is 0 Å². The second kappa shape index (κ2) is 7.09. The molecule has 0 bridgehead atoms. The van der Waals surface area contributed by atoms with Crippen LogP contribution in [0.5, 0.6) is 0 Å². The third-order valence-electron chi connectivity index (χ3n) is 4.66. The van der Waals surface area contributed by atoms with Gasteiger partial charge in [0.1, 0.15) is 21.9 Å². The molecule has 2 aromatic rings. The van der Waals surface area contributed by atoms with Crippen molar-refractivity contribution in [1.82, 2.24) is 15.3 Å². The summed E-state index contributed by atoms with van der Waals surface area (Å²) < 4.78 is 24.2. The molecule has 0 aliphatic carbocycles. The summed E-state index contributed by atoms with van der Waals surface area (Å²) in [5.74, 6) is -0.0981. The predicted molar refractivity (Wildman–Crippen MR) is 109 cm³/mol. The van der Waals surface area contributed by atoms with E-state index >= 15 is 0 Å². The summed E-state index contributed by atoms with van der Waals surface area (Å²) in [6.45, 7) is 4.88.